The molecule has 0 heterocycles. The molecule has 3 nitrogen and oxygen atoms in total. The van der Waals surface area contributed by atoms with Crippen molar-refractivity contribution in [3.8, 4) is 11.5 Å². The molecule has 0 saturated heterocycles. The Morgan fingerprint density at radius 2 is 1.50 bits per heavy atom. The number of carbonyl (C=O) groups excluding carboxylic acids is 1. The predicted octanol–water partition coefficient (Wildman–Crippen LogP) is 6.27. The first-order chi connectivity index (χ1) is 13.5. The normalized spacial score (nSPS) is 10.4. The van der Waals surface area contributed by atoms with Crippen molar-refractivity contribution >= 4 is 11.9 Å². The highest BCUT2D eigenvalue weighted by Gasteiger charge is 2.12. The second-order valence-corrected chi connectivity index (χ2v) is 6.95. The fraction of sp³-hybridized carbons (Fsp3) is 0.240. The van der Waals surface area contributed by atoms with Crippen molar-refractivity contribution in [2.24, 2.45) is 0 Å². The zero-order valence-electron chi connectivity index (χ0n) is 17.1. The third-order valence-corrected chi connectivity index (χ3v) is 3.92. The molecule has 0 aliphatic rings. The van der Waals surface area contributed by atoms with Gasteiger partial charge in [0.25, 0.3) is 0 Å². The van der Waals surface area contributed by atoms with Gasteiger partial charge in [-0.25, -0.2) is 0 Å². The summed E-state index contributed by atoms with van der Waals surface area (Å²) in [7, 11) is 0. The van der Waals surface area contributed by atoms with Crippen LogP contribution < -0.4 is 9.47 Å². The van der Waals surface area contributed by atoms with E-state index in [1.165, 1.54) is 5.57 Å². The molecule has 0 amide bonds. The van der Waals surface area contributed by atoms with Crippen LogP contribution in [0.5, 0.6) is 11.5 Å². The SMILES string of the molecule is CC(C)=CCOc1ccc(C(=O)/C=C/c2ccccc2)c(OCC=C(C)C)c1. The van der Waals surface area contributed by atoms with E-state index >= 15 is 0 Å². The molecule has 0 aliphatic heterocycles. The van der Waals surface area contributed by atoms with Crippen LogP contribution in [-0.2, 0) is 0 Å². The molecule has 0 aliphatic carbocycles. The van der Waals surface area contributed by atoms with Crippen molar-refractivity contribution in [2.75, 3.05) is 13.2 Å². The summed E-state index contributed by atoms with van der Waals surface area (Å²) in [5.74, 6) is 1.09. The Labute approximate surface area is 168 Å². The van der Waals surface area contributed by atoms with E-state index in [4.69, 9.17) is 9.47 Å². The van der Waals surface area contributed by atoms with Crippen LogP contribution in [0.2, 0.25) is 0 Å². The second kappa shape index (κ2) is 10.9. The Balaban J connectivity index is 2.22. The average molecular weight is 376 g/mol. The average Bonchev–Trinajstić information content (AvgIpc) is 2.66. The Hall–Kier alpha value is -3.07. The topological polar surface area (TPSA) is 35.5 Å². The highest BCUT2D eigenvalue weighted by molar-refractivity contribution is 6.08. The van der Waals surface area contributed by atoms with Crippen molar-refractivity contribution in [2.45, 2.75) is 27.7 Å². The molecule has 2 rings (SSSR count). The van der Waals surface area contributed by atoms with Crippen LogP contribution in [0.25, 0.3) is 6.08 Å². The van der Waals surface area contributed by atoms with Gasteiger partial charge in [-0.05, 0) is 63.6 Å². The van der Waals surface area contributed by atoms with Gasteiger partial charge in [-0.2, -0.15) is 0 Å². The number of ether oxygens (including phenoxy) is 2. The molecule has 146 valence electrons. The molecule has 3 heteroatoms. The lowest BCUT2D eigenvalue weighted by molar-refractivity contribution is 0.104. The van der Waals surface area contributed by atoms with Gasteiger partial charge < -0.3 is 9.47 Å². The molecule has 0 unspecified atom stereocenters. The predicted molar refractivity (Wildman–Crippen MR) is 116 cm³/mol. The minimum atomic E-state index is -0.105. The standard InChI is InChI=1S/C25H28O3/c1-19(2)14-16-27-22-11-12-23(25(18-22)28-17-15-20(3)4)24(26)13-10-21-8-6-5-7-9-21/h5-15,18H,16-17H2,1-4H3/b13-10+. The minimum absolute atomic E-state index is 0.105. The first-order valence-corrected chi connectivity index (χ1v) is 9.39. The molecule has 0 saturated carbocycles. The van der Waals surface area contributed by atoms with E-state index in [2.05, 4.69) is 0 Å². The molecule has 0 N–H and O–H groups in total. The van der Waals surface area contributed by atoms with Gasteiger partial charge >= 0.3 is 0 Å². The third kappa shape index (κ3) is 7.28. The molecule has 0 bridgehead atoms. The highest BCUT2D eigenvalue weighted by Crippen LogP contribution is 2.26. The first-order valence-electron chi connectivity index (χ1n) is 9.39. The zero-order chi connectivity index (χ0) is 20.4. The van der Waals surface area contributed by atoms with Crippen LogP contribution >= 0.6 is 0 Å². The Morgan fingerprint density at radius 3 is 2.14 bits per heavy atom. The van der Waals surface area contributed by atoms with Crippen LogP contribution in [0, 0.1) is 0 Å². The number of allylic oxidation sites excluding steroid dienone is 3. The molecule has 28 heavy (non-hydrogen) atoms. The summed E-state index contributed by atoms with van der Waals surface area (Å²) in [6.07, 6.45) is 7.36. The van der Waals surface area contributed by atoms with Gasteiger partial charge in [0.1, 0.15) is 24.7 Å². The number of benzene rings is 2. The number of hydrogen-bond donors (Lipinski definition) is 0. The van der Waals surface area contributed by atoms with Gasteiger partial charge in [-0.3, -0.25) is 4.79 Å². The van der Waals surface area contributed by atoms with Gasteiger partial charge in [-0.1, -0.05) is 47.6 Å². The highest BCUT2D eigenvalue weighted by atomic mass is 16.5. The molecule has 0 radical (unpaired) electrons. The molecule has 2 aromatic carbocycles. The Kier molecular flexibility index (Phi) is 8.29. The fourth-order valence-corrected chi connectivity index (χ4v) is 2.34. The summed E-state index contributed by atoms with van der Waals surface area (Å²) in [5.41, 5.74) is 3.85. The minimum Gasteiger partial charge on any atom is -0.489 e. The summed E-state index contributed by atoms with van der Waals surface area (Å²) in [6, 6.07) is 15.1. The molecule has 0 atom stereocenters. The molecule has 2 aromatic rings. The maximum atomic E-state index is 12.7. The van der Waals surface area contributed by atoms with Gasteiger partial charge in [-0.15, -0.1) is 0 Å². The van der Waals surface area contributed by atoms with E-state index in [9.17, 15) is 4.79 Å². The maximum absolute atomic E-state index is 12.7. The van der Waals surface area contributed by atoms with E-state index in [0.29, 0.717) is 30.3 Å². The van der Waals surface area contributed by atoms with E-state index < -0.39 is 0 Å². The summed E-state index contributed by atoms with van der Waals surface area (Å²) >= 11 is 0. The van der Waals surface area contributed by atoms with Crippen LogP contribution in [0.1, 0.15) is 43.6 Å². The van der Waals surface area contributed by atoms with Crippen LogP contribution in [-0.4, -0.2) is 19.0 Å². The quantitative estimate of drug-likeness (QED) is 0.294. The van der Waals surface area contributed by atoms with Crippen molar-refractivity contribution in [3.05, 3.63) is 89.0 Å². The molecular formula is C25H28O3. The summed E-state index contributed by atoms with van der Waals surface area (Å²) in [4.78, 5) is 12.7. The summed E-state index contributed by atoms with van der Waals surface area (Å²) < 4.78 is 11.6. The van der Waals surface area contributed by atoms with E-state index in [1.54, 1.807) is 30.4 Å². The molecule has 0 spiro atoms. The van der Waals surface area contributed by atoms with E-state index in [-0.39, 0.29) is 5.78 Å². The first kappa shape index (κ1) is 21.2. The van der Waals surface area contributed by atoms with Crippen molar-refractivity contribution in [1.82, 2.24) is 0 Å². The van der Waals surface area contributed by atoms with Crippen molar-refractivity contribution in [3.63, 3.8) is 0 Å². The Bertz CT molecular complexity index is 866. The second-order valence-electron chi connectivity index (χ2n) is 6.95. The molecular weight excluding hydrogens is 348 g/mol. The summed E-state index contributed by atoms with van der Waals surface area (Å²) in [6.45, 7) is 8.96. The van der Waals surface area contributed by atoms with Crippen molar-refractivity contribution < 1.29 is 14.3 Å². The van der Waals surface area contributed by atoms with Crippen LogP contribution in [0.4, 0.5) is 0 Å². The fourth-order valence-electron chi connectivity index (χ4n) is 2.34. The molecule has 0 aromatic heterocycles. The monoisotopic (exact) mass is 376 g/mol. The number of rotatable bonds is 9. The molecule has 0 fully saturated rings. The van der Waals surface area contributed by atoms with Crippen LogP contribution in [0.3, 0.4) is 0 Å². The Morgan fingerprint density at radius 1 is 0.857 bits per heavy atom. The number of hydrogen-bond acceptors (Lipinski definition) is 3. The number of carbonyl (C=O) groups is 1. The largest absolute Gasteiger partial charge is 0.489 e. The van der Waals surface area contributed by atoms with Gasteiger partial charge in [0.2, 0.25) is 0 Å². The zero-order valence-corrected chi connectivity index (χ0v) is 17.1. The maximum Gasteiger partial charge on any atom is 0.189 e. The lowest BCUT2D eigenvalue weighted by Crippen LogP contribution is -2.04. The van der Waals surface area contributed by atoms with Crippen LogP contribution in [0.15, 0.2) is 77.9 Å². The smallest absolute Gasteiger partial charge is 0.189 e. The number of ketones is 1. The van der Waals surface area contributed by atoms with Gasteiger partial charge in [0.15, 0.2) is 5.78 Å². The van der Waals surface area contributed by atoms with Gasteiger partial charge in [0.05, 0.1) is 5.56 Å². The van der Waals surface area contributed by atoms with E-state index in [1.807, 2.05) is 70.2 Å². The lowest BCUT2D eigenvalue weighted by Gasteiger charge is -2.11. The van der Waals surface area contributed by atoms with Crippen molar-refractivity contribution in [1.29, 1.82) is 0 Å². The van der Waals surface area contributed by atoms with Gasteiger partial charge in [0, 0.05) is 6.07 Å². The third-order valence-electron chi connectivity index (χ3n) is 3.92. The summed E-state index contributed by atoms with van der Waals surface area (Å²) in [5, 5.41) is 0. The van der Waals surface area contributed by atoms with E-state index in [0.717, 1.165) is 11.1 Å². The lowest BCUT2D eigenvalue weighted by atomic mass is 10.1.